The molecule has 0 aliphatic carbocycles. The van der Waals surface area contributed by atoms with E-state index in [-0.39, 0.29) is 13.2 Å². The van der Waals surface area contributed by atoms with Crippen molar-refractivity contribution in [2.24, 2.45) is 10.6 Å². The maximum Gasteiger partial charge on any atom is 0.330 e. The maximum atomic E-state index is 12.5. The van der Waals surface area contributed by atoms with Gasteiger partial charge in [0.05, 0.1) is 28.9 Å². The van der Waals surface area contributed by atoms with Gasteiger partial charge in [-0.15, -0.1) is 9.81 Å². The average Bonchev–Trinajstić information content (AvgIpc) is 3.38. The molecule has 3 heterocycles. The fraction of sp³-hybridized carbons (Fsp3) is 0.250. The van der Waals surface area contributed by atoms with Crippen LogP contribution in [0, 0.1) is 9.81 Å². The Labute approximate surface area is 169 Å². The molecular weight excluding hydrogens is 392 g/mol. The molecule has 2 aliphatic rings. The van der Waals surface area contributed by atoms with Crippen molar-refractivity contribution in [3.05, 3.63) is 69.1 Å². The van der Waals surface area contributed by atoms with E-state index < -0.39 is 18.1 Å². The molecule has 10 heteroatoms. The molecule has 0 saturated heterocycles. The summed E-state index contributed by atoms with van der Waals surface area (Å²) in [5.74, 6) is 0.475. The van der Waals surface area contributed by atoms with Crippen LogP contribution in [0.15, 0.2) is 53.0 Å². The Morgan fingerprint density at radius 3 is 2.67 bits per heavy atom. The lowest BCUT2D eigenvalue weighted by Crippen LogP contribution is -2.46. The van der Waals surface area contributed by atoms with Crippen LogP contribution in [0.5, 0.6) is 11.5 Å². The summed E-state index contributed by atoms with van der Waals surface area (Å²) in [6.07, 6.45) is 0.151. The molecule has 0 amide bonds. The number of carbonyl (C=O) groups is 1. The summed E-state index contributed by atoms with van der Waals surface area (Å²) in [5.41, 5.74) is 2.40. The van der Waals surface area contributed by atoms with Crippen molar-refractivity contribution in [3.8, 4) is 11.5 Å². The van der Waals surface area contributed by atoms with Crippen molar-refractivity contribution in [1.82, 2.24) is 9.69 Å². The highest BCUT2D eigenvalue weighted by atomic mass is 16.7. The molecule has 0 bridgehead atoms. The zero-order valence-electron chi connectivity index (χ0n) is 15.8. The van der Waals surface area contributed by atoms with Crippen molar-refractivity contribution in [2.45, 2.75) is 18.5 Å². The lowest BCUT2D eigenvalue weighted by atomic mass is 9.89. The molecule has 30 heavy (non-hydrogen) atoms. The lowest BCUT2D eigenvalue weighted by molar-refractivity contribution is -0.148. The van der Waals surface area contributed by atoms with Gasteiger partial charge in [0.2, 0.25) is 6.79 Å². The number of fused-ring (bicyclic) bond motifs is 4. The maximum absolute atomic E-state index is 12.5. The minimum atomic E-state index is -0.957. The van der Waals surface area contributed by atoms with Gasteiger partial charge in [0.1, 0.15) is 6.04 Å². The molecule has 0 saturated carbocycles. The van der Waals surface area contributed by atoms with Gasteiger partial charge in [0.25, 0.3) is 0 Å². The number of ether oxygens (including phenoxy) is 3. The summed E-state index contributed by atoms with van der Waals surface area (Å²) in [4.78, 5) is 36.3. The van der Waals surface area contributed by atoms with Crippen LogP contribution in [0.1, 0.15) is 22.9 Å². The molecule has 152 valence electrons. The number of nitrogens with zero attached hydrogens (tertiary/aromatic N) is 4. The van der Waals surface area contributed by atoms with E-state index in [1.807, 2.05) is 12.1 Å². The third kappa shape index (κ3) is 2.46. The van der Waals surface area contributed by atoms with Crippen molar-refractivity contribution in [2.75, 3.05) is 13.9 Å². The first-order valence-electron chi connectivity index (χ1n) is 9.22. The molecule has 0 fully saturated rings. The number of aromatic nitrogens is 1. The summed E-state index contributed by atoms with van der Waals surface area (Å²) < 4.78 is 17.0. The van der Waals surface area contributed by atoms with Crippen LogP contribution in [0.3, 0.4) is 0 Å². The van der Waals surface area contributed by atoms with E-state index >= 15 is 0 Å². The van der Waals surface area contributed by atoms with Crippen LogP contribution >= 0.6 is 0 Å². The monoisotopic (exact) mass is 408 g/mol. The first-order chi connectivity index (χ1) is 14.7. The van der Waals surface area contributed by atoms with Gasteiger partial charge in [-0.2, -0.15) is 4.68 Å². The second kappa shape index (κ2) is 6.83. The van der Waals surface area contributed by atoms with E-state index in [1.165, 1.54) is 11.8 Å². The molecule has 0 spiro atoms. The molecule has 0 unspecified atom stereocenters. The standard InChI is InChI=1S/C20H16N4O6/c1-28-20(25)15-9-13-12-4-2-3-5-14(12)23(21-26)19(13)18(24(15)22-27)11-6-7-16-17(8-11)30-10-29-16/h2-8,15,18H,9-10H2,1H3/t15-,18-/m1/s1. The topological polar surface area (TPSA) is 112 Å². The Hall–Kier alpha value is -3.95. The van der Waals surface area contributed by atoms with Crippen LogP contribution < -0.4 is 9.47 Å². The Balaban J connectivity index is 1.80. The largest absolute Gasteiger partial charge is 0.467 e. The van der Waals surface area contributed by atoms with Crippen LogP contribution in [0.2, 0.25) is 0 Å². The number of methoxy groups -OCH3 is 1. The first kappa shape index (κ1) is 18.1. The zero-order valence-corrected chi connectivity index (χ0v) is 15.8. The third-order valence-corrected chi connectivity index (χ3v) is 5.60. The van der Waals surface area contributed by atoms with Crippen molar-refractivity contribution in [3.63, 3.8) is 0 Å². The van der Waals surface area contributed by atoms with E-state index in [1.54, 1.807) is 30.3 Å². The third-order valence-electron chi connectivity index (χ3n) is 5.60. The van der Waals surface area contributed by atoms with E-state index in [4.69, 9.17) is 14.2 Å². The second-order valence-electron chi connectivity index (χ2n) is 6.99. The molecule has 5 rings (SSSR count). The highest BCUT2D eigenvalue weighted by molar-refractivity contribution is 5.88. The van der Waals surface area contributed by atoms with E-state index in [9.17, 15) is 14.6 Å². The minimum Gasteiger partial charge on any atom is -0.467 e. The predicted octanol–water partition coefficient (Wildman–Crippen LogP) is 3.07. The highest BCUT2D eigenvalue weighted by Gasteiger charge is 2.44. The van der Waals surface area contributed by atoms with E-state index in [0.717, 1.165) is 16.0 Å². The summed E-state index contributed by atoms with van der Waals surface area (Å²) in [6.45, 7) is 0.0886. The van der Waals surface area contributed by atoms with E-state index in [2.05, 4.69) is 10.6 Å². The predicted molar refractivity (Wildman–Crippen MR) is 105 cm³/mol. The Kier molecular flexibility index (Phi) is 4.12. The minimum absolute atomic E-state index is 0.0886. The molecule has 1 aromatic heterocycles. The Morgan fingerprint density at radius 1 is 1.10 bits per heavy atom. The number of para-hydroxylation sites is 1. The van der Waals surface area contributed by atoms with Gasteiger partial charge in [-0.3, -0.25) is 0 Å². The summed E-state index contributed by atoms with van der Waals surface area (Å²) in [6, 6.07) is 10.6. The van der Waals surface area contributed by atoms with Gasteiger partial charge in [-0.1, -0.05) is 24.3 Å². The number of benzene rings is 2. The van der Waals surface area contributed by atoms with Crippen LogP contribution in [-0.2, 0) is 16.0 Å². The van der Waals surface area contributed by atoms with Crippen molar-refractivity contribution in [1.29, 1.82) is 0 Å². The van der Waals surface area contributed by atoms with Crippen molar-refractivity contribution < 1.29 is 19.0 Å². The Bertz CT molecular complexity index is 1190. The number of rotatable bonds is 4. The SMILES string of the molecule is COC(=O)[C@H]1Cc2c(n(N=O)c3ccccc23)[C@@H](c2ccc3c(c2)OCO3)N1N=O. The molecule has 2 aliphatic heterocycles. The van der Waals surface area contributed by atoms with Crippen molar-refractivity contribution >= 4 is 16.9 Å². The van der Waals surface area contributed by atoms with Gasteiger partial charge in [0, 0.05) is 11.8 Å². The molecule has 0 radical (unpaired) electrons. The fourth-order valence-electron chi connectivity index (χ4n) is 4.31. The first-order valence-corrected chi connectivity index (χ1v) is 9.22. The van der Waals surface area contributed by atoms with Gasteiger partial charge < -0.3 is 14.2 Å². The Morgan fingerprint density at radius 2 is 1.90 bits per heavy atom. The molecule has 0 N–H and O–H groups in total. The van der Waals surface area contributed by atoms with E-state index in [0.29, 0.717) is 28.3 Å². The highest BCUT2D eigenvalue weighted by Crippen LogP contribution is 2.45. The molecule has 3 aromatic rings. The fourth-order valence-corrected chi connectivity index (χ4v) is 4.31. The molecule has 2 atom stereocenters. The second-order valence-corrected chi connectivity index (χ2v) is 6.99. The average molecular weight is 408 g/mol. The molecule has 10 nitrogen and oxygen atoms in total. The van der Waals surface area contributed by atoms with Gasteiger partial charge in [-0.25, -0.2) is 9.80 Å². The number of esters is 1. The number of nitroso groups, excluding NO2 is 2. The number of hydrogen-bond donors (Lipinski definition) is 0. The van der Waals surface area contributed by atoms with Crippen LogP contribution in [0.25, 0.3) is 10.9 Å². The number of carbonyl (C=O) groups excluding carboxylic acids is 1. The summed E-state index contributed by atoms with van der Waals surface area (Å²) >= 11 is 0. The summed E-state index contributed by atoms with van der Waals surface area (Å²) in [5, 5.41) is 8.24. The lowest BCUT2D eigenvalue weighted by Gasteiger charge is -2.36. The van der Waals surface area contributed by atoms with Crippen LogP contribution in [0.4, 0.5) is 0 Å². The normalized spacial score (nSPS) is 19.4. The number of hydrogen-bond acceptors (Lipinski definition) is 8. The molecular formula is C20H16N4O6. The van der Waals surface area contributed by atoms with Gasteiger partial charge >= 0.3 is 5.97 Å². The molecule has 2 aromatic carbocycles. The smallest absolute Gasteiger partial charge is 0.330 e. The van der Waals surface area contributed by atoms with Gasteiger partial charge in [0.15, 0.2) is 17.5 Å². The van der Waals surface area contributed by atoms with Gasteiger partial charge in [-0.05, 0) is 29.3 Å². The zero-order chi connectivity index (χ0) is 20.8. The summed E-state index contributed by atoms with van der Waals surface area (Å²) in [7, 11) is 1.26. The van der Waals surface area contributed by atoms with Crippen LogP contribution in [-0.4, -0.2) is 35.6 Å². The quantitative estimate of drug-likeness (QED) is 0.482.